The first-order valence-electron chi connectivity index (χ1n) is 5.65. The molecule has 0 N–H and O–H groups in total. The molecule has 0 radical (unpaired) electrons. The molecule has 0 aromatic rings. The largest absolute Gasteiger partial charge is 0.374 e. The van der Waals surface area contributed by atoms with Crippen LogP contribution < -0.4 is 0 Å². The minimum Gasteiger partial charge on any atom is -0.374 e. The summed E-state index contributed by atoms with van der Waals surface area (Å²) in [5, 5.41) is 0.805. The fourth-order valence-corrected chi connectivity index (χ4v) is 2.27. The highest BCUT2D eigenvalue weighted by atomic mass is 79.9. The molecule has 4 heteroatoms. The third-order valence-corrected chi connectivity index (χ3v) is 3.49. The van der Waals surface area contributed by atoms with Crippen LogP contribution in [0.25, 0.3) is 0 Å². The number of hydrogen-bond donors (Lipinski definition) is 0. The van der Waals surface area contributed by atoms with Gasteiger partial charge < -0.3 is 9.64 Å². The fraction of sp³-hybridized carbons (Fsp3) is 0.909. The standard InChI is InChI=1S/C11H20BrNO2/c1-3-4-9(2)11(14)13-5-6-15-10(7-12)8-13/h9-10H,3-8H2,1-2H3. The Morgan fingerprint density at radius 1 is 1.67 bits per heavy atom. The first-order valence-corrected chi connectivity index (χ1v) is 6.77. The lowest BCUT2D eigenvalue weighted by Crippen LogP contribution is -2.47. The minimum absolute atomic E-state index is 0.157. The van der Waals surface area contributed by atoms with E-state index in [4.69, 9.17) is 4.74 Å². The lowest BCUT2D eigenvalue weighted by atomic mass is 10.0. The normalized spacial score (nSPS) is 23.9. The summed E-state index contributed by atoms with van der Waals surface area (Å²) in [7, 11) is 0. The maximum atomic E-state index is 12.0. The molecule has 1 aliphatic rings. The third-order valence-electron chi connectivity index (χ3n) is 2.77. The van der Waals surface area contributed by atoms with E-state index in [0.29, 0.717) is 6.61 Å². The summed E-state index contributed by atoms with van der Waals surface area (Å²) < 4.78 is 5.51. The van der Waals surface area contributed by atoms with E-state index in [-0.39, 0.29) is 17.9 Å². The van der Waals surface area contributed by atoms with E-state index in [1.165, 1.54) is 0 Å². The Morgan fingerprint density at radius 3 is 3.00 bits per heavy atom. The second-order valence-electron chi connectivity index (χ2n) is 4.12. The minimum atomic E-state index is 0.157. The molecule has 2 atom stereocenters. The van der Waals surface area contributed by atoms with Gasteiger partial charge in [0, 0.05) is 24.3 Å². The molecular weight excluding hydrogens is 258 g/mol. The number of ether oxygens (including phenoxy) is 1. The van der Waals surface area contributed by atoms with Crippen LogP contribution in [0.2, 0.25) is 0 Å². The first-order chi connectivity index (χ1) is 7.19. The number of halogens is 1. The number of rotatable bonds is 4. The summed E-state index contributed by atoms with van der Waals surface area (Å²) in [6, 6.07) is 0. The van der Waals surface area contributed by atoms with Gasteiger partial charge in [0.1, 0.15) is 0 Å². The van der Waals surface area contributed by atoms with Gasteiger partial charge in [-0.2, -0.15) is 0 Å². The van der Waals surface area contributed by atoms with Crippen molar-refractivity contribution in [2.24, 2.45) is 5.92 Å². The zero-order chi connectivity index (χ0) is 11.3. The van der Waals surface area contributed by atoms with Crippen molar-refractivity contribution in [3.05, 3.63) is 0 Å². The maximum Gasteiger partial charge on any atom is 0.225 e. The molecule has 1 amide bonds. The van der Waals surface area contributed by atoms with Crippen molar-refractivity contribution in [2.45, 2.75) is 32.8 Å². The maximum absolute atomic E-state index is 12.0. The molecule has 0 aromatic heterocycles. The summed E-state index contributed by atoms with van der Waals surface area (Å²) in [5.41, 5.74) is 0. The monoisotopic (exact) mass is 277 g/mol. The Morgan fingerprint density at radius 2 is 2.40 bits per heavy atom. The van der Waals surface area contributed by atoms with Gasteiger partial charge in [0.25, 0.3) is 0 Å². The molecular formula is C11H20BrNO2. The highest BCUT2D eigenvalue weighted by Crippen LogP contribution is 2.14. The average Bonchev–Trinajstić information content (AvgIpc) is 2.28. The van der Waals surface area contributed by atoms with Crippen LogP contribution in [-0.4, -0.2) is 41.9 Å². The summed E-state index contributed by atoms with van der Waals surface area (Å²) in [6.07, 6.45) is 2.21. The zero-order valence-electron chi connectivity index (χ0n) is 9.54. The molecule has 0 aliphatic carbocycles. The molecule has 1 heterocycles. The van der Waals surface area contributed by atoms with E-state index in [0.717, 1.165) is 31.3 Å². The van der Waals surface area contributed by atoms with Gasteiger partial charge in [-0.15, -0.1) is 0 Å². The Bertz CT molecular complexity index is 211. The van der Waals surface area contributed by atoms with Crippen LogP contribution in [0.15, 0.2) is 0 Å². The summed E-state index contributed by atoms with van der Waals surface area (Å²) in [4.78, 5) is 13.9. The topological polar surface area (TPSA) is 29.5 Å². The second-order valence-corrected chi connectivity index (χ2v) is 4.77. The molecule has 3 nitrogen and oxygen atoms in total. The predicted octanol–water partition coefficient (Wildman–Crippen LogP) is 2.04. The molecule has 1 fully saturated rings. The molecule has 15 heavy (non-hydrogen) atoms. The number of nitrogens with zero attached hydrogens (tertiary/aromatic N) is 1. The second kappa shape index (κ2) is 6.48. The zero-order valence-corrected chi connectivity index (χ0v) is 11.1. The van der Waals surface area contributed by atoms with Gasteiger partial charge in [-0.1, -0.05) is 36.2 Å². The summed E-state index contributed by atoms with van der Waals surface area (Å²) >= 11 is 3.39. The van der Waals surface area contributed by atoms with Crippen molar-refractivity contribution in [3.63, 3.8) is 0 Å². The highest BCUT2D eigenvalue weighted by molar-refractivity contribution is 9.09. The molecule has 1 rings (SSSR count). The first kappa shape index (κ1) is 13.0. The third kappa shape index (κ3) is 3.76. The molecule has 0 bridgehead atoms. The molecule has 88 valence electrons. The molecule has 2 unspecified atom stereocenters. The van der Waals surface area contributed by atoms with Crippen LogP contribution in [0.4, 0.5) is 0 Å². The Hall–Kier alpha value is -0.0900. The van der Waals surface area contributed by atoms with Gasteiger partial charge in [0.15, 0.2) is 0 Å². The van der Waals surface area contributed by atoms with Gasteiger partial charge in [0.2, 0.25) is 5.91 Å². The van der Waals surface area contributed by atoms with Crippen LogP contribution in [0.5, 0.6) is 0 Å². The van der Waals surface area contributed by atoms with Crippen LogP contribution in [-0.2, 0) is 9.53 Å². The Balaban J connectivity index is 2.44. The van der Waals surface area contributed by atoms with Crippen molar-refractivity contribution in [2.75, 3.05) is 25.0 Å². The molecule has 0 aromatic carbocycles. The number of hydrogen-bond acceptors (Lipinski definition) is 2. The molecule has 1 aliphatic heterocycles. The van der Waals surface area contributed by atoms with Crippen molar-refractivity contribution in [1.29, 1.82) is 0 Å². The lowest BCUT2D eigenvalue weighted by Gasteiger charge is -2.33. The van der Waals surface area contributed by atoms with Crippen molar-refractivity contribution in [1.82, 2.24) is 4.90 Å². The Labute approximate surface area is 100 Å². The van der Waals surface area contributed by atoms with E-state index in [2.05, 4.69) is 22.9 Å². The van der Waals surface area contributed by atoms with Crippen LogP contribution in [0.1, 0.15) is 26.7 Å². The number of morpholine rings is 1. The van der Waals surface area contributed by atoms with E-state index < -0.39 is 0 Å². The highest BCUT2D eigenvalue weighted by Gasteiger charge is 2.26. The van der Waals surface area contributed by atoms with E-state index in [1.807, 2.05) is 11.8 Å². The smallest absolute Gasteiger partial charge is 0.225 e. The quantitative estimate of drug-likeness (QED) is 0.737. The van der Waals surface area contributed by atoms with Gasteiger partial charge in [-0.05, 0) is 6.42 Å². The van der Waals surface area contributed by atoms with Crippen LogP contribution in [0.3, 0.4) is 0 Å². The van der Waals surface area contributed by atoms with Gasteiger partial charge in [0.05, 0.1) is 12.7 Å². The van der Waals surface area contributed by atoms with Crippen molar-refractivity contribution >= 4 is 21.8 Å². The molecule has 1 saturated heterocycles. The molecule has 0 saturated carbocycles. The lowest BCUT2D eigenvalue weighted by molar-refractivity contribution is -0.141. The van der Waals surface area contributed by atoms with E-state index in [1.54, 1.807) is 0 Å². The fourth-order valence-electron chi connectivity index (χ4n) is 1.88. The number of alkyl halides is 1. The van der Waals surface area contributed by atoms with Crippen molar-refractivity contribution in [3.8, 4) is 0 Å². The van der Waals surface area contributed by atoms with E-state index >= 15 is 0 Å². The SMILES string of the molecule is CCCC(C)C(=O)N1CCOC(CBr)C1. The Kier molecular flexibility index (Phi) is 5.61. The van der Waals surface area contributed by atoms with E-state index in [9.17, 15) is 4.79 Å². The summed E-state index contributed by atoms with van der Waals surface area (Å²) in [6.45, 7) is 6.28. The van der Waals surface area contributed by atoms with Crippen molar-refractivity contribution < 1.29 is 9.53 Å². The van der Waals surface area contributed by atoms with Crippen LogP contribution in [0, 0.1) is 5.92 Å². The van der Waals surface area contributed by atoms with Crippen LogP contribution >= 0.6 is 15.9 Å². The number of carbonyl (C=O) groups excluding carboxylic acids is 1. The van der Waals surface area contributed by atoms with Gasteiger partial charge >= 0.3 is 0 Å². The summed E-state index contributed by atoms with van der Waals surface area (Å²) in [5.74, 6) is 0.440. The van der Waals surface area contributed by atoms with Gasteiger partial charge in [-0.3, -0.25) is 4.79 Å². The predicted molar refractivity (Wildman–Crippen MR) is 64.2 cm³/mol. The van der Waals surface area contributed by atoms with Gasteiger partial charge in [-0.25, -0.2) is 0 Å². The number of carbonyl (C=O) groups is 1. The average molecular weight is 278 g/mol. The number of amides is 1. The molecule has 0 spiro atoms.